The van der Waals surface area contributed by atoms with Crippen molar-refractivity contribution >= 4 is 0 Å². The van der Waals surface area contributed by atoms with E-state index in [1.54, 1.807) is 18.2 Å². The lowest BCUT2D eigenvalue weighted by atomic mass is 10.1. The SMILES string of the molecule is FCC(F)(Cc1ccccc1)N(F)F. The minimum absolute atomic E-state index is 0.327. The molecule has 0 saturated carbocycles. The first kappa shape index (κ1) is 11.0. The Balaban J connectivity index is 2.76. The van der Waals surface area contributed by atoms with Crippen molar-refractivity contribution in [3.8, 4) is 0 Å². The van der Waals surface area contributed by atoms with E-state index >= 15 is 0 Å². The highest BCUT2D eigenvalue weighted by molar-refractivity contribution is 5.16. The third-order valence-corrected chi connectivity index (χ3v) is 1.83. The van der Waals surface area contributed by atoms with Gasteiger partial charge in [-0.25, -0.2) is 8.78 Å². The number of hydrogen-bond donors (Lipinski definition) is 0. The molecular formula is C9H9F4N. The van der Waals surface area contributed by atoms with Crippen LogP contribution in [0.25, 0.3) is 0 Å². The van der Waals surface area contributed by atoms with Crippen LogP contribution in [0.3, 0.4) is 0 Å². The van der Waals surface area contributed by atoms with Crippen molar-refractivity contribution in [2.24, 2.45) is 0 Å². The number of rotatable bonds is 4. The molecule has 0 aliphatic rings. The zero-order valence-corrected chi connectivity index (χ0v) is 7.26. The fourth-order valence-electron chi connectivity index (χ4n) is 1.06. The zero-order valence-electron chi connectivity index (χ0n) is 7.26. The first-order chi connectivity index (χ1) is 6.58. The van der Waals surface area contributed by atoms with Crippen LogP contribution >= 0.6 is 0 Å². The van der Waals surface area contributed by atoms with Gasteiger partial charge in [0.05, 0.1) is 5.34 Å². The average molecular weight is 207 g/mol. The predicted octanol–water partition coefficient (Wildman–Crippen LogP) is 2.94. The molecule has 0 aliphatic heterocycles. The Morgan fingerprint density at radius 1 is 1.14 bits per heavy atom. The normalized spacial score (nSPS) is 15.5. The van der Waals surface area contributed by atoms with Crippen LogP contribution in [0.5, 0.6) is 0 Å². The molecule has 1 aromatic rings. The van der Waals surface area contributed by atoms with Gasteiger partial charge in [0.15, 0.2) is 0 Å². The van der Waals surface area contributed by atoms with Crippen molar-refractivity contribution in [3.05, 3.63) is 35.9 Å². The van der Waals surface area contributed by atoms with Gasteiger partial charge in [0.25, 0.3) is 5.79 Å². The summed E-state index contributed by atoms with van der Waals surface area (Å²) in [6, 6.07) is 7.76. The number of benzene rings is 1. The molecule has 1 nitrogen and oxygen atoms in total. The molecule has 1 aromatic carbocycles. The van der Waals surface area contributed by atoms with Crippen molar-refractivity contribution in [2.75, 3.05) is 6.67 Å². The standard InChI is InChI=1S/C9H9F4N/c10-7-9(11,14(12)13)6-8-4-2-1-3-5-8/h1-5H,6-7H2. The lowest BCUT2D eigenvalue weighted by Crippen LogP contribution is -2.39. The molecule has 0 fully saturated rings. The lowest BCUT2D eigenvalue weighted by molar-refractivity contribution is -0.282. The Kier molecular flexibility index (Phi) is 3.46. The highest BCUT2D eigenvalue weighted by Crippen LogP contribution is 2.24. The largest absolute Gasteiger partial charge is 0.253 e. The lowest BCUT2D eigenvalue weighted by Gasteiger charge is -2.21. The highest BCUT2D eigenvalue weighted by atomic mass is 19.4. The Morgan fingerprint density at radius 3 is 2.14 bits per heavy atom. The molecule has 0 aliphatic carbocycles. The molecule has 1 atom stereocenters. The molecule has 78 valence electrons. The summed E-state index contributed by atoms with van der Waals surface area (Å²) in [6.07, 6.45) is -0.669. The van der Waals surface area contributed by atoms with Gasteiger partial charge in [-0.15, -0.1) is 0 Å². The van der Waals surface area contributed by atoms with Gasteiger partial charge in [0, 0.05) is 6.42 Å². The van der Waals surface area contributed by atoms with E-state index in [0.717, 1.165) is 0 Å². The van der Waals surface area contributed by atoms with Crippen LogP contribution in [0.2, 0.25) is 0 Å². The second-order valence-electron chi connectivity index (χ2n) is 2.95. The van der Waals surface area contributed by atoms with Crippen molar-refractivity contribution in [1.29, 1.82) is 0 Å². The molecule has 14 heavy (non-hydrogen) atoms. The maximum atomic E-state index is 13.1. The van der Waals surface area contributed by atoms with Crippen LogP contribution in [0, 0.1) is 0 Å². The molecule has 0 amide bonds. The Bertz CT molecular complexity index is 277. The highest BCUT2D eigenvalue weighted by Gasteiger charge is 2.39. The zero-order chi connectivity index (χ0) is 10.6. The van der Waals surface area contributed by atoms with Crippen molar-refractivity contribution in [1.82, 2.24) is 5.34 Å². The van der Waals surface area contributed by atoms with E-state index in [2.05, 4.69) is 0 Å². The summed E-state index contributed by atoms with van der Waals surface area (Å²) in [7, 11) is 0. The van der Waals surface area contributed by atoms with Crippen molar-refractivity contribution < 1.29 is 17.7 Å². The predicted molar refractivity (Wildman–Crippen MR) is 44.0 cm³/mol. The quantitative estimate of drug-likeness (QED) is 0.417. The summed E-state index contributed by atoms with van der Waals surface area (Å²) < 4.78 is 49.2. The first-order valence-electron chi connectivity index (χ1n) is 3.99. The number of hydrogen-bond acceptors (Lipinski definition) is 1. The fourth-order valence-corrected chi connectivity index (χ4v) is 1.06. The summed E-state index contributed by atoms with van der Waals surface area (Å²) in [5.74, 6) is -3.22. The second kappa shape index (κ2) is 4.41. The minimum Gasteiger partial charge on any atom is -0.246 e. The summed E-state index contributed by atoms with van der Waals surface area (Å²) >= 11 is 0. The molecule has 0 saturated heterocycles. The first-order valence-corrected chi connectivity index (χ1v) is 3.99. The maximum absolute atomic E-state index is 13.1. The van der Waals surface area contributed by atoms with E-state index in [-0.39, 0.29) is 0 Å². The molecule has 5 heteroatoms. The van der Waals surface area contributed by atoms with Gasteiger partial charge < -0.3 is 0 Å². The van der Waals surface area contributed by atoms with E-state index in [9.17, 15) is 17.7 Å². The number of alkyl halides is 2. The van der Waals surface area contributed by atoms with Gasteiger partial charge in [-0.2, -0.15) is 0 Å². The van der Waals surface area contributed by atoms with Crippen LogP contribution in [-0.4, -0.2) is 17.8 Å². The van der Waals surface area contributed by atoms with Crippen LogP contribution in [0.4, 0.5) is 17.7 Å². The summed E-state index contributed by atoms with van der Waals surface area (Å²) in [5.41, 5.74) is 0.327. The number of nitrogens with zero attached hydrogens (tertiary/aromatic N) is 1. The Hall–Kier alpha value is -1.10. The van der Waals surface area contributed by atoms with Crippen LogP contribution < -0.4 is 0 Å². The van der Waals surface area contributed by atoms with Gasteiger partial charge in [-0.3, -0.25) is 0 Å². The van der Waals surface area contributed by atoms with E-state index < -0.39 is 24.2 Å². The Morgan fingerprint density at radius 2 is 1.71 bits per heavy atom. The van der Waals surface area contributed by atoms with E-state index in [1.165, 1.54) is 12.1 Å². The number of halogens is 4. The molecule has 0 N–H and O–H groups in total. The topological polar surface area (TPSA) is 3.24 Å². The minimum atomic E-state index is -3.22. The molecule has 1 rings (SSSR count). The summed E-state index contributed by atoms with van der Waals surface area (Å²) in [5, 5.41) is -1.72. The smallest absolute Gasteiger partial charge is 0.246 e. The van der Waals surface area contributed by atoms with Crippen LogP contribution in [0.1, 0.15) is 5.56 Å². The molecule has 0 radical (unpaired) electrons. The molecule has 0 heterocycles. The molecular weight excluding hydrogens is 198 g/mol. The molecule has 1 unspecified atom stereocenters. The van der Waals surface area contributed by atoms with Gasteiger partial charge in [0.1, 0.15) is 6.67 Å². The fraction of sp³-hybridized carbons (Fsp3) is 0.333. The van der Waals surface area contributed by atoms with E-state index in [4.69, 9.17) is 0 Å². The molecule has 0 spiro atoms. The van der Waals surface area contributed by atoms with Crippen molar-refractivity contribution in [2.45, 2.75) is 12.2 Å². The van der Waals surface area contributed by atoms with Crippen LogP contribution in [0.15, 0.2) is 30.3 Å². The van der Waals surface area contributed by atoms with Crippen LogP contribution in [-0.2, 0) is 6.42 Å². The van der Waals surface area contributed by atoms with Crippen molar-refractivity contribution in [3.63, 3.8) is 0 Å². The summed E-state index contributed by atoms with van der Waals surface area (Å²) in [4.78, 5) is 0. The van der Waals surface area contributed by atoms with E-state index in [0.29, 0.717) is 5.56 Å². The van der Waals surface area contributed by atoms with Gasteiger partial charge in [-0.05, 0) is 5.56 Å². The Labute approximate surface area is 78.8 Å². The monoisotopic (exact) mass is 207 g/mol. The maximum Gasteiger partial charge on any atom is 0.253 e. The van der Waals surface area contributed by atoms with E-state index in [1.807, 2.05) is 0 Å². The third-order valence-electron chi connectivity index (χ3n) is 1.83. The molecule has 0 aromatic heterocycles. The average Bonchev–Trinajstić information content (AvgIpc) is 2.19. The van der Waals surface area contributed by atoms with Gasteiger partial charge in [-0.1, -0.05) is 39.3 Å². The third kappa shape index (κ3) is 2.45. The summed E-state index contributed by atoms with van der Waals surface area (Å²) in [6.45, 7) is -1.74. The van der Waals surface area contributed by atoms with Gasteiger partial charge in [0.2, 0.25) is 0 Å². The molecule has 0 bridgehead atoms. The van der Waals surface area contributed by atoms with Gasteiger partial charge >= 0.3 is 0 Å². The second-order valence-corrected chi connectivity index (χ2v) is 2.95.